The molecule has 0 saturated heterocycles. The summed E-state index contributed by atoms with van der Waals surface area (Å²) in [7, 11) is 0. The lowest BCUT2D eigenvalue weighted by Crippen LogP contribution is -2.38. The molecule has 0 aromatic heterocycles. The normalized spacial score (nSPS) is 15.9. The zero-order valence-corrected chi connectivity index (χ0v) is 20.6. The average molecular weight is 472 g/mol. The third kappa shape index (κ3) is 6.97. The molecule has 0 spiro atoms. The van der Waals surface area contributed by atoms with Gasteiger partial charge in [-0.05, 0) is 71.4 Å². The number of allylic oxidation sites excluding steroid dienone is 1. The van der Waals surface area contributed by atoms with Crippen molar-refractivity contribution < 1.29 is 14.9 Å². The largest absolute Gasteiger partial charge is 0.508 e. The van der Waals surface area contributed by atoms with Crippen LogP contribution in [0.4, 0.5) is 0 Å². The second-order valence-corrected chi connectivity index (χ2v) is 9.35. The lowest BCUT2D eigenvalue weighted by atomic mass is 9.88. The minimum atomic E-state index is -0.533. The highest BCUT2D eigenvalue weighted by Gasteiger charge is 2.16. The first-order valence-electron chi connectivity index (χ1n) is 12.9. The first-order chi connectivity index (χ1) is 17.1. The fraction of sp³-hybridized carbons (Fsp3) is 0.355. The van der Waals surface area contributed by atoms with Crippen molar-refractivity contribution in [2.24, 2.45) is 0 Å². The van der Waals surface area contributed by atoms with E-state index in [0.29, 0.717) is 12.6 Å². The van der Waals surface area contributed by atoms with Crippen LogP contribution in [-0.2, 0) is 0 Å². The Morgan fingerprint density at radius 1 is 0.857 bits per heavy atom. The molecule has 184 valence electrons. The molecule has 4 rings (SSSR count). The molecule has 3 aromatic carbocycles. The van der Waals surface area contributed by atoms with Gasteiger partial charge in [-0.1, -0.05) is 80.8 Å². The number of hydrogen-bond donors (Lipinski definition) is 3. The molecule has 1 fully saturated rings. The Bertz CT molecular complexity index is 1070. The molecule has 4 heteroatoms. The molecule has 0 bridgehead atoms. The van der Waals surface area contributed by atoms with E-state index in [2.05, 4.69) is 48.6 Å². The van der Waals surface area contributed by atoms with E-state index >= 15 is 0 Å². The third-order valence-electron chi connectivity index (χ3n) is 6.77. The van der Waals surface area contributed by atoms with Crippen LogP contribution >= 0.6 is 0 Å². The van der Waals surface area contributed by atoms with Crippen molar-refractivity contribution in [2.45, 2.75) is 57.6 Å². The van der Waals surface area contributed by atoms with Gasteiger partial charge in [0.2, 0.25) is 0 Å². The Morgan fingerprint density at radius 3 is 2.11 bits per heavy atom. The van der Waals surface area contributed by atoms with Crippen LogP contribution < -0.4 is 10.1 Å². The Balaban J connectivity index is 1.49. The Hall–Kier alpha value is -3.08. The third-order valence-corrected chi connectivity index (χ3v) is 6.77. The van der Waals surface area contributed by atoms with Gasteiger partial charge < -0.3 is 20.3 Å². The van der Waals surface area contributed by atoms with Crippen LogP contribution in [0.3, 0.4) is 0 Å². The van der Waals surface area contributed by atoms with Crippen molar-refractivity contribution in [2.75, 3.05) is 13.2 Å². The molecule has 0 aliphatic heterocycles. The molecule has 0 heterocycles. The number of phenolic OH excluding ortho intramolecular Hbond substituents is 1. The molecule has 3 aromatic rings. The molecule has 0 amide bonds. The molecule has 1 aliphatic rings. The maximum atomic E-state index is 10.4. The number of aromatic hydroxyl groups is 1. The first-order valence-corrected chi connectivity index (χ1v) is 12.9. The minimum absolute atomic E-state index is 0.256. The lowest BCUT2D eigenvalue weighted by molar-refractivity contribution is 0.102. The Kier molecular flexibility index (Phi) is 8.99. The summed E-state index contributed by atoms with van der Waals surface area (Å²) in [4.78, 5) is 0. The highest BCUT2D eigenvalue weighted by atomic mass is 16.5. The summed E-state index contributed by atoms with van der Waals surface area (Å²) in [6.07, 6.45) is 6.63. The van der Waals surface area contributed by atoms with Gasteiger partial charge in [-0.25, -0.2) is 0 Å². The van der Waals surface area contributed by atoms with Gasteiger partial charge in [0.1, 0.15) is 24.2 Å². The second kappa shape index (κ2) is 12.6. The number of rotatable bonds is 10. The van der Waals surface area contributed by atoms with Crippen LogP contribution in [0.5, 0.6) is 11.5 Å². The topological polar surface area (TPSA) is 61.7 Å². The van der Waals surface area contributed by atoms with E-state index < -0.39 is 6.10 Å². The average Bonchev–Trinajstić information content (AvgIpc) is 2.91. The number of aliphatic hydroxyl groups is 1. The molecule has 1 unspecified atom stereocenters. The SMILES string of the molecule is CC/C(=C(\c1ccc(O)cc1)c1ccc(OCC(O)CNC2CCCCC2)cc1)c1ccccc1. The van der Waals surface area contributed by atoms with Crippen LogP contribution in [0.15, 0.2) is 78.9 Å². The molecule has 0 radical (unpaired) electrons. The number of aliphatic hydroxyl groups excluding tert-OH is 1. The maximum absolute atomic E-state index is 10.4. The monoisotopic (exact) mass is 471 g/mol. The van der Waals surface area contributed by atoms with E-state index in [4.69, 9.17) is 4.74 Å². The molecular formula is C31H37NO3. The van der Waals surface area contributed by atoms with E-state index in [-0.39, 0.29) is 12.4 Å². The summed E-state index contributed by atoms with van der Waals surface area (Å²) < 4.78 is 5.90. The number of ether oxygens (including phenoxy) is 1. The van der Waals surface area contributed by atoms with Crippen LogP contribution in [0.25, 0.3) is 11.1 Å². The van der Waals surface area contributed by atoms with Gasteiger partial charge in [0.15, 0.2) is 0 Å². The number of nitrogens with one attached hydrogen (secondary N) is 1. The molecular weight excluding hydrogens is 434 g/mol. The molecule has 4 nitrogen and oxygen atoms in total. The predicted molar refractivity (Wildman–Crippen MR) is 144 cm³/mol. The summed E-state index contributed by atoms with van der Waals surface area (Å²) >= 11 is 0. The highest BCUT2D eigenvalue weighted by molar-refractivity contribution is 5.98. The summed E-state index contributed by atoms with van der Waals surface area (Å²) in [5.41, 5.74) is 5.72. The summed E-state index contributed by atoms with van der Waals surface area (Å²) in [6.45, 7) is 3.00. The zero-order chi connectivity index (χ0) is 24.5. The maximum Gasteiger partial charge on any atom is 0.119 e. The quantitative estimate of drug-likeness (QED) is 0.299. The highest BCUT2D eigenvalue weighted by Crippen LogP contribution is 2.35. The van der Waals surface area contributed by atoms with Gasteiger partial charge in [-0.2, -0.15) is 0 Å². The Labute approximate surface area is 209 Å². The van der Waals surface area contributed by atoms with Crippen LogP contribution in [0.1, 0.15) is 62.1 Å². The second-order valence-electron chi connectivity index (χ2n) is 9.35. The standard InChI is InChI=1S/C31H37NO3/c1-2-30(23-9-5-3-6-10-23)31(24-13-17-27(33)18-14-24)25-15-19-29(20-16-25)35-22-28(34)21-32-26-11-7-4-8-12-26/h3,5-6,9-10,13-20,26,28,32-34H,2,4,7-8,11-12,21-22H2,1H3/b31-30-. The van der Waals surface area contributed by atoms with Gasteiger partial charge in [-0.15, -0.1) is 0 Å². The van der Waals surface area contributed by atoms with Crippen molar-refractivity contribution >= 4 is 11.1 Å². The summed E-state index contributed by atoms with van der Waals surface area (Å²) in [5, 5.41) is 23.7. The van der Waals surface area contributed by atoms with Gasteiger partial charge >= 0.3 is 0 Å². The first kappa shape index (κ1) is 25.0. The van der Waals surface area contributed by atoms with E-state index in [1.807, 2.05) is 30.3 Å². The van der Waals surface area contributed by atoms with Gasteiger partial charge in [0.25, 0.3) is 0 Å². The molecule has 1 aliphatic carbocycles. The fourth-order valence-corrected chi connectivity index (χ4v) is 4.89. The van der Waals surface area contributed by atoms with E-state index in [1.165, 1.54) is 43.2 Å². The van der Waals surface area contributed by atoms with Crippen molar-refractivity contribution in [1.82, 2.24) is 5.32 Å². The predicted octanol–water partition coefficient (Wildman–Crippen LogP) is 6.42. The van der Waals surface area contributed by atoms with Crippen LogP contribution in [-0.4, -0.2) is 35.5 Å². The van der Waals surface area contributed by atoms with E-state index in [0.717, 1.165) is 28.9 Å². The van der Waals surface area contributed by atoms with E-state index in [1.54, 1.807) is 12.1 Å². The number of benzene rings is 3. The summed E-state index contributed by atoms with van der Waals surface area (Å²) in [6, 6.07) is 26.4. The van der Waals surface area contributed by atoms with Crippen molar-refractivity contribution in [1.29, 1.82) is 0 Å². The minimum Gasteiger partial charge on any atom is -0.508 e. The van der Waals surface area contributed by atoms with Crippen LogP contribution in [0.2, 0.25) is 0 Å². The molecule has 1 atom stereocenters. The van der Waals surface area contributed by atoms with Crippen molar-refractivity contribution in [3.63, 3.8) is 0 Å². The fourth-order valence-electron chi connectivity index (χ4n) is 4.89. The van der Waals surface area contributed by atoms with Crippen molar-refractivity contribution in [3.8, 4) is 11.5 Å². The smallest absolute Gasteiger partial charge is 0.119 e. The van der Waals surface area contributed by atoms with Crippen LogP contribution in [0, 0.1) is 0 Å². The zero-order valence-electron chi connectivity index (χ0n) is 20.6. The van der Waals surface area contributed by atoms with Crippen molar-refractivity contribution in [3.05, 3.63) is 95.6 Å². The van der Waals surface area contributed by atoms with Gasteiger partial charge in [0, 0.05) is 12.6 Å². The van der Waals surface area contributed by atoms with Gasteiger partial charge in [-0.3, -0.25) is 0 Å². The number of phenols is 1. The Morgan fingerprint density at radius 2 is 1.49 bits per heavy atom. The van der Waals surface area contributed by atoms with E-state index in [9.17, 15) is 10.2 Å². The lowest BCUT2D eigenvalue weighted by Gasteiger charge is -2.24. The molecule has 3 N–H and O–H groups in total. The molecule has 35 heavy (non-hydrogen) atoms. The van der Waals surface area contributed by atoms with Gasteiger partial charge in [0.05, 0.1) is 0 Å². The number of hydrogen-bond acceptors (Lipinski definition) is 4. The summed E-state index contributed by atoms with van der Waals surface area (Å²) in [5.74, 6) is 0.999. The molecule has 1 saturated carbocycles.